The summed E-state index contributed by atoms with van der Waals surface area (Å²) >= 11 is 11.3. The van der Waals surface area contributed by atoms with Crippen LogP contribution >= 0.6 is 23.2 Å². The van der Waals surface area contributed by atoms with Gasteiger partial charge in [-0.2, -0.15) is 4.39 Å². The summed E-state index contributed by atoms with van der Waals surface area (Å²) in [4.78, 5) is 12.3. The Kier molecular flexibility index (Phi) is 6.18. The molecule has 3 nitrogen and oxygen atoms in total. The molecule has 0 bridgehead atoms. The van der Waals surface area contributed by atoms with Crippen molar-refractivity contribution >= 4 is 29.2 Å². The zero-order valence-electron chi connectivity index (χ0n) is 14.8. The molecule has 1 aromatic carbocycles. The molecule has 1 aliphatic rings. The van der Waals surface area contributed by atoms with E-state index in [0.717, 1.165) is 7.11 Å². The topological polar surface area (TPSA) is 35.5 Å². The van der Waals surface area contributed by atoms with Crippen LogP contribution in [0, 0.1) is 34.7 Å². The molecule has 1 aliphatic carbocycles. The van der Waals surface area contributed by atoms with Crippen molar-refractivity contribution in [3.63, 3.8) is 0 Å². The minimum absolute atomic E-state index is 0.0389. The second kappa shape index (κ2) is 7.69. The molecule has 0 heterocycles. The fraction of sp³-hybridized carbons (Fsp3) is 0.500. The van der Waals surface area contributed by atoms with Crippen LogP contribution in [0.1, 0.15) is 31.9 Å². The normalized spacial score (nSPS) is 20.5. The lowest BCUT2D eigenvalue weighted by molar-refractivity contribution is -0.147. The molecule has 1 aromatic rings. The number of allylic oxidation sites excluding steroid dienone is 1. The van der Waals surface area contributed by atoms with Gasteiger partial charge in [0.2, 0.25) is 5.82 Å². The van der Waals surface area contributed by atoms with E-state index in [1.165, 1.54) is 0 Å². The van der Waals surface area contributed by atoms with E-state index in [0.29, 0.717) is 0 Å². The number of carbonyl (C=O) groups excluding carboxylic acids is 1. The van der Waals surface area contributed by atoms with Gasteiger partial charge in [-0.25, -0.2) is 8.78 Å². The number of rotatable bonds is 6. The molecule has 144 valence electrons. The third-order valence-electron chi connectivity index (χ3n) is 4.87. The molecule has 0 N–H and O–H groups in total. The van der Waals surface area contributed by atoms with E-state index in [1.807, 2.05) is 13.8 Å². The van der Waals surface area contributed by atoms with Gasteiger partial charge in [0.15, 0.2) is 17.4 Å². The summed E-state index contributed by atoms with van der Waals surface area (Å²) in [6, 6.07) is 0. The van der Waals surface area contributed by atoms with Crippen LogP contribution in [0.2, 0.25) is 0 Å². The first-order chi connectivity index (χ1) is 12.1. The van der Waals surface area contributed by atoms with E-state index >= 15 is 0 Å². The van der Waals surface area contributed by atoms with Crippen molar-refractivity contribution in [1.82, 2.24) is 0 Å². The fourth-order valence-corrected chi connectivity index (χ4v) is 3.51. The maximum atomic E-state index is 14.3. The zero-order valence-corrected chi connectivity index (χ0v) is 16.3. The van der Waals surface area contributed by atoms with Crippen LogP contribution in [0.15, 0.2) is 10.6 Å². The third-order valence-corrected chi connectivity index (χ3v) is 5.12. The van der Waals surface area contributed by atoms with Crippen LogP contribution in [0.4, 0.5) is 13.2 Å². The molecule has 0 spiro atoms. The van der Waals surface area contributed by atoms with Gasteiger partial charge in [0.1, 0.15) is 11.1 Å². The Bertz CT molecular complexity index is 759. The van der Waals surface area contributed by atoms with Gasteiger partial charge in [-0.05, 0) is 23.8 Å². The van der Waals surface area contributed by atoms with Crippen molar-refractivity contribution in [2.75, 3.05) is 7.11 Å². The van der Waals surface area contributed by atoms with Crippen molar-refractivity contribution < 1.29 is 27.4 Å². The Labute approximate surface area is 160 Å². The second-order valence-electron chi connectivity index (χ2n) is 6.67. The number of hydrogen-bond donors (Lipinski definition) is 0. The van der Waals surface area contributed by atoms with Crippen molar-refractivity contribution in [3.05, 3.63) is 39.1 Å². The van der Waals surface area contributed by atoms with Gasteiger partial charge in [-0.1, -0.05) is 44.0 Å². The third kappa shape index (κ3) is 3.67. The Morgan fingerprint density at radius 1 is 1.15 bits per heavy atom. The molecule has 0 saturated heterocycles. The summed E-state index contributed by atoms with van der Waals surface area (Å²) in [6.45, 7) is 4.67. The van der Waals surface area contributed by atoms with E-state index in [1.54, 1.807) is 13.0 Å². The Morgan fingerprint density at radius 3 is 2.27 bits per heavy atom. The van der Waals surface area contributed by atoms with Gasteiger partial charge in [-0.3, -0.25) is 4.79 Å². The van der Waals surface area contributed by atoms with Crippen molar-refractivity contribution in [2.24, 2.45) is 17.3 Å². The molecule has 26 heavy (non-hydrogen) atoms. The van der Waals surface area contributed by atoms with E-state index in [2.05, 4.69) is 4.74 Å². The highest BCUT2D eigenvalue weighted by molar-refractivity contribution is 6.55. The molecule has 0 aromatic heterocycles. The van der Waals surface area contributed by atoms with E-state index < -0.39 is 47.1 Å². The summed E-state index contributed by atoms with van der Waals surface area (Å²) in [5.74, 6) is -5.88. The van der Waals surface area contributed by atoms with Gasteiger partial charge < -0.3 is 9.47 Å². The predicted octanol–water partition coefficient (Wildman–Crippen LogP) is 5.31. The Morgan fingerprint density at radius 2 is 1.77 bits per heavy atom. The van der Waals surface area contributed by atoms with Crippen LogP contribution in [-0.4, -0.2) is 13.1 Å². The van der Waals surface area contributed by atoms with E-state index in [9.17, 15) is 18.0 Å². The fourth-order valence-electron chi connectivity index (χ4n) is 3.24. The molecule has 0 radical (unpaired) electrons. The molecule has 2 atom stereocenters. The highest BCUT2D eigenvalue weighted by atomic mass is 35.5. The maximum absolute atomic E-state index is 14.3. The summed E-state index contributed by atoms with van der Waals surface area (Å²) < 4.78 is 52.3. The van der Waals surface area contributed by atoms with Gasteiger partial charge in [0, 0.05) is 11.1 Å². The molecule has 1 fully saturated rings. The summed E-state index contributed by atoms with van der Waals surface area (Å²) in [6.07, 6.45) is 1.62. The first kappa shape index (κ1) is 20.9. The van der Waals surface area contributed by atoms with Gasteiger partial charge in [0.05, 0.1) is 13.0 Å². The SMILES string of the molecule is CCc1c(F)c(OC)c(F)c(F)c1COC(=O)[C@@H]1[C@@H](C=C(Cl)Cl)C1(C)C. The standard InChI is InChI=1S/C18H19Cl2F3O3/c1-5-8-9(13(21)15(23)16(25-4)14(8)22)7-26-17(24)12-10(6-11(19)20)18(12,2)3/h6,10,12H,5,7H2,1-4H3/t10-,12+/m1/s1. The zero-order chi connectivity index (χ0) is 19.8. The molecule has 0 amide bonds. The molecule has 0 unspecified atom stereocenters. The first-order valence-electron chi connectivity index (χ1n) is 7.99. The smallest absolute Gasteiger partial charge is 0.310 e. The molecular formula is C18H19Cl2F3O3. The number of ether oxygens (including phenoxy) is 2. The van der Waals surface area contributed by atoms with Crippen molar-refractivity contribution in [2.45, 2.75) is 33.8 Å². The summed E-state index contributed by atoms with van der Waals surface area (Å²) in [7, 11) is 1.05. The molecule has 8 heteroatoms. The predicted molar refractivity (Wildman–Crippen MR) is 92.6 cm³/mol. The van der Waals surface area contributed by atoms with Crippen LogP contribution in [0.3, 0.4) is 0 Å². The molecular weight excluding hydrogens is 392 g/mol. The van der Waals surface area contributed by atoms with Gasteiger partial charge in [-0.15, -0.1) is 0 Å². The average Bonchev–Trinajstić information content (AvgIpc) is 3.09. The monoisotopic (exact) mass is 410 g/mol. The highest BCUT2D eigenvalue weighted by Crippen LogP contribution is 2.60. The van der Waals surface area contributed by atoms with Crippen LogP contribution in [-0.2, 0) is 22.6 Å². The lowest BCUT2D eigenvalue weighted by Gasteiger charge is -2.15. The highest BCUT2D eigenvalue weighted by Gasteiger charge is 2.61. The van der Waals surface area contributed by atoms with E-state index in [-0.39, 0.29) is 28.0 Å². The lowest BCUT2D eigenvalue weighted by Crippen LogP contribution is -2.14. The number of esters is 1. The van der Waals surface area contributed by atoms with Gasteiger partial charge >= 0.3 is 5.97 Å². The van der Waals surface area contributed by atoms with Crippen LogP contribution in [0.25, 0.3) is 0 Å². The van der Waals surface area contributed by atoms with Crippen molar-refractivity contribution in [3.8, 4) is 5.75 Å². The molecule has 0 aliphatic heterocycles. The van der Waals surface area contributed by atoms with Crippen molar-refractivity contribution in [1.29, 1.82) is 0 Å². The first-order valence-corrected chi connectivity index (χ1v) is 8.75. The number of methoxy groups -OCH3 is 1. The number of halogens is 5. The molecule has 2 rings (SSSR count). The minimum atomic E-state index is -1.45. The van der Waals surface area contributed by atoms with Crippen LogP contribution < -0.4 is 4.74 Å². The minimum Gasteiger partial charge on any atom is -0.491 e. The molecule has 1 saturated carbocycles. The number of benzene rings is 1. The average molecular weight is 411 g/mol. The summed E-state index contributed by atoms with van der Waals surface area (Å²) in [5.41, 5.74) is -0.851. The summed E-state index contributed by atoms with van der Waals surface area (Å²) in [5, 5.41) is 0. The van der Waals surface area contributed by atoms with E-state index in [4.69, 9.17) is 27.9 Å². The van der Waals surface area contributed by atoms with Crippen LogP contribution in [0.5, 0.6) is 5.75 Å². The number of hydrogen-bond acceptors (Lipinski definition) is 3. The lowest BCUT2D eigenvalue weighted by atomic mass is 10.0. The quantitative estimate of drug-likeness (QED) is 0.470. The number of carbonyl (C=O) groups is 1. The largest absolute Gasteiger partial charge is 0.491 e. The maximum Gasteiger partial charge on any atom is 0.310 e. The Hall–Kier alpha value is -1.40. The Balaban J connectivity index is 2.23. The van der Waals surface area contributed by atoms with Gasteiger partial charge in [0.25, 0.3) is 0 Å². The second-order valence-corrected chi connectivity index (χ2v) is 7.68.